The highest BCUT2D eigenvalue weighted by molar-refractivity contribution is 7.46. The molecule has 0 spiro atoms. The summed E-state index contributed by atoms with van der Waals surface area (Å²) in [6, 6.07) is 0. The molecule has 0 heterocycles. The monoisotopic (exact) mass is 710 g/mol. The summed E-state index contributed by atoms with van der Waals surface area (Å²) in [5, 5.41) is 19.9. The molecule has 0 saturated heterocycles. The van der Waals surface area contributed by atoms with E-state index in [2.05, 4.69) is 11.4 Å². The predicted octanol–water partition coefficient (Wildman–Crippen LogP) is 8.28. The van der Waals surface area contributed by atoms with Gasteiger partial charge in [-0.1, -0.05) is 145 Å². The minimum Gasteiger partial charge on any atom is -0.462 e. The molecule has 0 unspecified atom stereocenters. The van der Waals surface area contributed by atoms with Crippen molar-refractivity contribution in [1.82, 2.24) is 0 Å². The number of aliphatic hydroxyl groups is 2. The minimum absolute atomic E-state index is 0.0234. The minimum atomic E-state index is -4.80. The Morgan fingerprint density at radius 1 is 0.673 bits per heavy atom. The van der Waals surface area contributed by atoms with E-state index in [0.717, 1.165) is 25.7 Å². The number of phosphoric ester groups is 1. The quantitative estimate of drug-likeness (QED) is 0.0181. The molecule has 0 fully saturated rings. The average molecular weight is 711 g/mol. The van der Waals surface area contributed by atoms with Crippen LogP contribution in [0.1, 0.15) is 123 Å². The number of unbranched alkanes of at least 4 members (excludes halogenated alkanes) is 10. The molecule has 0 aliphatic carbocycles. The highest BCUT2D eigenvalue weighted by Crippen LogP contribution is 2.35. The van der Waals surface area contributed by atoms with Crippen LogP contribution in [-0.2, 0) is 28.2 Å². The van der Waals surface area contributed by atoms with Crippen LogP contribution in [0.3, 0.4) is 0 Å². The van der Waals surface area contributed by atoms with Gasteiger partial charge in [-0.05, 0) is 38.5 Å². The van der Waals surface area contributed by atoms with Gasteiger partial charge in [-0.2, -0.15) is 0 Å². The van der Waals surface area contributed by atoms with Crippen LogP contribution in [0.15, 0.2) is 72.9 Å². The molecule has 280 valence electrons. The first-order valence-electron chi connectivity index (χ1n) is 18.0. The van der Waals surface area contributed by atoms with E-state index < -0.39 is 44.7 Å². The normalized spacial score (nSPS) is 14.7. The number of hydrogen-bond donors (Lipinski definition) is 4. The molecule has 0 aliphatic heterocycles. The van der Waals surface area contributed by atoms with Crippen molar-refractivity contribution < 1.29 is 48.2 Å². The molecule has 0 saturated carbocycles. The zero-order valence-corrected chi connectivity index (χ0v) is 30.7. The fourth-order valence-corrected chi connectivity index (χ4v) is 4.82. The van der Waals surface area contributed by atoms with E-state index in [1.807, 2.05) is 49.5 Å². The molecule has 0 aromatic heterocycles. The second-order valence-corrected chi connectivity index (χ2v) is 13.1. The molecule has 11 heteroatoms. The zero-order valence-electron chi connectivity index (χ0n) is 29.8. The number of carbonyl (C=O) groups is 2. The molecule has 0 rings (SSSR count). The Balaban J connectivity index is 4.31. The van der Waals surface area contributed by atoms with Crippen molar-refractivity contribution in [2.75, 3.05) is 13.2 Å². The lowest BCUT2D eigenvalue weighted by Gasteiger charge is -2.18. The number of ether oxygens (including phenoxy) is 2. The van der Waals surface area contributed by atoms with E-state index in [1.165, 1.54) is 38.5 Å². The predicted molar refractivity (Wildman–Crippen MR) is 196 cm³/mol. The molecule has 3 atom stereocenters. The maximum Gasteiger partial charge on any atom is 0.469 e. The highest BCUT2D eigenvalue weighted by Gasteiger charge is 2.22. The van der Waals surface area contributed by atoms with Crippen molar-refractivity contribution in [3.8, 4) is 0 Å². The van der Waals surface area contributed by atoms with Crippen LogP contribution in [0.25, 0.3) is 0 Å². The van der Waals surface area contributed by atoms with Gasteiger partial charge in [0, 0.05) is 12.8 Å². The van der Waals surface area contributed by atoms with Gasteiger partial charge in [-0.15, -0.1) is 0 Å². The molecule has 4 N–H and O–H groups in total. The number of aliphatic hydroxyl groups excluding tert-OH is 2. The molecule has 0 bridgehead atoms. The van der Waals surface area contributed by atoms with E-state index in [1.54, 1.807) is 30.4 Å². The summed E-state index contributed by atoms with van der Waals surface area (Å²) in [5.74, 6) is -1.08. The summed E-state index contributed by atoms with van der Waals surface area (Å²) in [6.45, 7) is 3.29. The smallest absolute Gasteiger partial charge is 0.462 e. The first-order valence-corrected chi connectivity index (χ1v) is 19.5. The number of carbonyl (C=O) groups excluding carboxylic acids is 2. The summed E-state index contributed by atoms with van der Waals surface area (Å²) >= 11 is 0. The van der Waals surface area contributed by atoms with E-state index >= 15 is 0 Å². The first kappa shape index (κ1) is 46.4. The Hall–Kier alpha value is -2.59. The summed E-state index contributed by atoms with van der Waals surface area (Å²) in [4.78, 5) is 42.6. The van der Waals surface area contributed by atoms with Gasteiger partial charge >= 0.3 is 19.8 Å². The number of esters is 2. The molecule has 0 aromatic carbocycles. The van der Waals surface area contributed by atoms with Crippen molar-refractivity contribution in [3.05, 3.63) is 72.9 Å². The third-order valence-electron chi connectivity index (χ3n) is 7.16. The summed E-state index contributed by atoms with van der Waals surface area (Å²) in [5.41, 5.74) is 0. The SMILES string of the molecule is CC/C=C\C[C@H](O)/C=C/C=C\C/C=C\C=C\[C@H](O)/C=C\CCCC(=O)O[C@H](COC(=O)CCCCCCCCCCCC)COP(=O)(O)O. The Morgan fingerprint density at radius 3 is 1.92 bits per heavy atom. The van der Waals surface area contributed by atoms with Crippen molar-refractivity contribution in [2.24, 2.45) is 0 Å². The van der Waals surface area contributed by atoms with Gasteiger partial charge in [-0.25, -0.2) is 4.57 Å². The van der Waals surface area contributed by atoms with Gasteiger partial charge in [0.15, 0.2) is 6.10 Å². The summed E-state index contributed by atoms with van der Waals surface area (Å²) < 4.78 is 26.1. The Morgan fingerprint density at radius 2 is 1.29 bits per heavy atom. The van der Waals surface area contributed by atoms with Crippen LogP contribution in [-0.4, -0.2) is 63.5 Å². The Bertz CT molecular complexity index is 1060. The molecule has 0 radical (unpaired) electrons. The Labute approximate surface area is 294 Å². The van der Waals surface area contributed by atoms with Crippen LogP contribution in [0.4, 0.5) is 0 Å². The largest absolute Gasteiger partial charge is 0.469 e. The standard InChI is InChI=1S/C38H63O10P/c1-3-5-7-8-9-10-11-15-18-24-30-37(41)46-32-36(33-47-49(43,44)45)48-38(42)31-25-19-23-29-35(40)28-22-17-14-12-13-16-21-27-34(39)26-20-6-4-2/h6,13-14,16-17,20-23,27-29,34-36,39-40H,3-5,7-12,15,18-19,24-26,30-33H2,1-2H3,(H2,43,44,45)/b16-13-,17-14-,20-6-,27-21+,28-22+,29-23-/t34-,35-,36+/m0/s1. The van der Waals surface area contributed by atoms with Crippen molar-refractivity contribution in [1.29, 1.82) is 0 Å². The maximum absolute atomic E-state index is 12.3. The van der Waals surface area contributed by atoms with Crippen molar-refractivity contribution in [2.45, 2.75) is 141 Å². The van der Waals surface area contributed by atoms with E-state index in [-0.39, 0.29) is 19.4 Å². The third kappa shape index (κ3) is 35.1. The van der Waals surface area contributed by atoms with Gasteiger partial charge < -0.3 is 29.5 Å². The van der Waals surface area contributed by atoms with Crippen molar-refractivity contribution >= 4 is 19.8 Å². The molecular formula is C38H63O10P. The zero-order chi connectivity index (χ0) is 36.4. The maximum atomic E-state index is 12.3. The second kappa shape index (κ2) is 32.6. The third-order valence-corrected chi connectivity index (χ3v) is 7.65. The van der Waals surface area contributed by atoms with Gasteiger partial charge in [0.2, 0.25) is 0 Å². The molecule has 10 nitrogen and oxygen atoms in total. The van der Waals surface area contributed by atoms with Crippen molar-refractivity contribution in [3.63, 3.8) is 0 Å². The summed E-state index contributed by atoms with van der Waals surface area (Å²) in [6.07, 6.45) is 34.2. The van der Waals surface area contributed by atoms with Gasteiger partial charge in [0.25, 0.3) is 0 Å². The lowest BCUT2D eigenvalue weighted by Crippen LogP contribution is -2.29. The molecule has 49 heavy (non-hydrogen) atoms. The lowest BCUT2D eigenvalue weighted by molar-refractivity contribution is -0.161. The molecule has 0 aliphatic rings. The highest BCUT2D eigenvalue weighted by atomic mass is 31.2. The lowest BCUT2D eigenvalue weighted by atomic mass is 10.1. The second-order valence-electron chi connectivity index (χ2n) is 11.9. The number of allylic oxidation sites excluding steroid dienone is 8. The van der Waals surface area contributed by atoms with Crippen LogP contribution in [0.2, 0.25) is 0 Å². The van der Waals surface area contributed by atoms with E-state index in [9.17, 15) is 24.4 Å². The van der Waals surface area contributed by atoms with E-state index in [0.29, 0.717) is 32.1 Å². The number of phosphoric acid groups is 1. The van der Waals surface area contributed by atoms with Crippen LogP contribution in [0.5, 0.6) is 0 Å². The van der Waals surface area contributed by atoms with Gasteiger partial charge in [0.05, 0.1) is 18.8 Å². The van der Waals surface area contributed by atoms with Gasteiger partial charge in [-0.3, -0.25) is 14.1 Å². The van der Waals surface area contributed by atoms with Crippen LogP contribution in [0, 0.1) is 0 Å². The first-order chi connectivity index (χ1) is 23.6. The van der Waals surface area contributed by atoms with E-state index in [4.69, 9.17) is 19.3 Å². The van der Waals surface area contributed by atoms with Gasteiger partial charge in [0.1, 0.15) is 6.61 Å². The fourth-order valence-electron chi connectivity index (χ4n) is 4.46. The molecule has 0 amide bonds. The topological polar surface area (TPSA) is 160 Å². The van der Waals surface area contributed by atoms with Crippen LogP contribution >= 0.6 is 7.82 Å². The fraction of sp³-hybridized carbons (Fsp3) is 0.632. The number of hydrogen-bond acceptors (Lipinski definition) is 8. The Kier molecular flexibility index (Phi) is 30.9. The average Bonchev–Trinajstić information content (AvgIpc) is 3.05. The number of rotatable bonds is 31. The van der Waals surface area contributed by atoms with Crippen LogP contribution < -0.4 is 0 Å². The molecule has 0 aromatic rings. The molecular weight excluding hydrogens is 647 g/mol. The summed E-state index contributed by atoms with van der Waals surface area (Å²) in [7, 11) is -4.80.